The topological polar surface area (TPSA) is 91.8 Å². The van der Waals surface area contributed by atoms with E-state index in [0.29, 0.717) is 43.0 Å². The first-order valence-electron chi connectivity index (χ1n) is 10.6. The Morgan fingerprint density at radius 1 is 1.06 bits per heavy atom. The van der Waals surface area contributed by atoms with Gasteiger partial charge in [0.05, 0.1) is 19.4 Å². The predicted octanol–water partition coefficient (Wildman–Crippen LogP) is 4.31. The summed E-state index contributed by atoms with van der Waals surface area (Å²) in [5.74, 6) is 2.29. The molecule has 1 unspecified atom stereocenters. The van der Waals surface area contributed by atoms with Crippen LogP contribution in [0.15, 0.2) is 60.0 Å². The van der Waals surface area contributed by atoms with Gasteiger partial charge in [-0.3, -0.25) is 9.98 Å². The summed E-state index contributed by atoms with van der Waals surface area (Å²) >= 11 is 0. The van der Waals surface area contributed by atoms with E-state index in [1.807, 2.05) is 36.5 Å². The maximum absolute atomic E-state index is 6.23. The molecule has 2 aliphatic heterocycles. The molecule has 2 aromatic heterocycles. The molecule has 0 saturated carbocycles. The van der Waals surface area contributed by atoms with E-state index in [-0.39, 0.29) is 5.41 Å². The van der Waals surface area contributed by atoms with Crippen molar-refractivity contribution in [2.75, 3.05) is 19.8 Å². The van der Waals surface area contributed by atoms with Crippen LogP contribution in [0, 0.1) is 5.41 Å². The maximum Gasteiger partial charge on any atom is 0.213 e. The second kappa shape index (κ2) is 7.60. The van der Waals surface area contributed by atoms with Crippen LogP contribution in [-0.2, 0) is 10.3 Å². The van der Waals surface area contributed by atoms with Crippen LogP contribution in [0.3, 0.4) is 0 Å². The number of nitrogens with two attached hydrogens (primary N) is 1. The van der Waals surface area contributed by atoms with Crippen molar-refractivity contribution >= 4 is 5.84 Å². The first kappa shape index (κ1) is 20.5. The maximum atomic E-state index is 6.23. The first-order chi connectivity index (χ1) is 15.3. The van der Waals surface area contributed by atoms with Crippen LogP contribution in [0.4, 0.5) is 0 Å². The fourth-order valence-corrected chi connectivity index (χ4v) is 4.01. The summed E-state index contributed by atoms with van der Waals surface area (Å²) in [6.45, 7) is 7.53. The number of aliphatic imine (C=N–C) groups is 1. The molecule has 164 valence electrons. The Hall–Kier alpha value is -3.45. The molecule has 32 heavy (non-hydrogen) atoms. The van der Waals surface area contributed by atoms with Crippen LogP contribution >= 0.6 is 0 Å². The van der Waals surface area contributed by atoms with Gasteiger partial charge >= 0.3 is 0 Å². The Labute approximate surface area is 187 Å². The van der Waals surface area contributed by atoms with Crippen molar-refractivity contribution in [3.8, 4) is 28.5 Å². The Kier molecular flexibility index (Phi) is 4.86. The summed E-state index contributed by atoms with van der Waals surface area (Å²) in [7, 11) is 0. The first-order valence-corrected chi connectivity index (χ1v) is 10.6. The van der Waals surface area contributed by atoms with Gasteiger partial charge in [0.2, 0.25) is 5.88 Å². The molecule has 2 N–H and O–H groups in total. The second-order valence-electron chi connectivity index (χ2n) is 9.38. The van der Waals surface area contributed by atoms with Gasteiger partial charge < -0.3 is 19.9 Å². The van der Waals surface area contributed by atoms with Crippen molar-refractivity contribution in [2.24, 2.45) is 16.1 Å². The number of amidine groups is 1. The molecule has 0 saturated heterocycles. The van der Waals surface area contributed by atoms with E-state index in [4.69, 9.17) is 24.9 Å². The third kappa shape index (κ3) is 3.69. The zero-order valence-corrected chi connectivity index (χ0v) is 18.5. The number of benzene rings is 1. The number of nitrogens with zero attached hydrogens (tertiary/aromatic N) is 3. The monoisotopic (exact) mass is 430 g/mol. The molecule has 3 aromatic rings. The highest BCUT2D eigenvalue weighted by atomic mass is 16.5. The minimum atomic E-state index is -0.841. The van der Waals surface area contributed by atoms with Crippen LogP contribution in [0.1, 0.15) is 31.9 Å². The van der Waals surface area contributed by atoms with Gasteiger partial charge in [-0.05, 0) is 29.2 Å². The average molecular weight is 431 g/mol. The van der Waals surface area contributed by atoms with Gasteiger partial charge in [0.15, 0.2) is 5.75 Å². The second-order valence-corrected chi connectivity index (χ2v) is 9.38. The summed E-state index contributed by atoms with van der Waals surface area (Å²) in [6, 6.07) is 11.9. The Balaban J connectivity index is 1.65. The fraction of sp³-hybridized carbons (Fsp3) is 0.320. The number of aromatic nitrogens is 2. The summed E-state index contributed by atoms with van der Waals surface area (Å²) in [6.07, 6.45) is 5.28. The van der Waals surface area contributed by atoms with Crippen molar-refractivity contribution < 1.29 is 14.2 Å². The highest BCUT2D eigenvalue weighted by molar-refractivity contribution is 5.84. The largest absolute Gasteiger partial charge is 0.477 e. The van der Waals surface area contributed by atoms with Crippen molar-refractivity contribution in [2.45, 2.75) is 26.3 Å². The Morgan fingerprint density at radius 3 is 2.66 bits per heavy atom. The number of pyridine rings is 2. The minimum Gasteiger partial charge on any atom is -0.477 e. The van der Waals surface area contributed by atoms with E-state index in [2.05, 4.69) is 36.8 Å². The predicted molar refractivity (Wildman–Crippen MR) is 122 cm³/mol. The lowest BCUT2D eigenvalue weighted by molar-refractivity contribution is 0.109. The van der Waals surface area contributed by atoms with Crippen LogP contribution in [0.25, 0.3) is 11.1 Å². The SMILES string of the molecule is CC(C)(C)COc1cc2c(cn1)Oc1ccc(-c3cccnc3)cc1C21COCC(N)=N1. The molecule has 7 heteroatoms. The number of hydrogen-bond acceptors (Lipinski definition) is 7. The van der Waals surface area contributed by atoms with Crippen LogP contribution in [0.5, 0.6) is 17.4 Å². The van der Waals surface area contributed by atoms with Crippen molar-refractivity contribution in [1.82, 2.24) is 9.97 Å². The Morgan fingerprint density at radius 2 is 1.91 bits per heavy atom. The molecule has 0 fully saturated rings. The molecule has 1 spiro atoms. The van der Waals surface area contributed by atoms with Gasteiger partial charge in [-0.15, -0.1) is 0 Å². The van der Waals surface area contributed by atoms with Gasteiger partial charge in [-0.2, -0.15) is 0 Å². The standard InChI is InChI=1S/C25H26N4O3/c1-24(2,3)14-31-23-10-19-21(12-28-23)32-20-7-6-16(17-5-4-8-27-11-17)9-18(20)25(19)15-30-13-22(26)29-25/h4-12H,13-15H2,1-3H3,(H2,26,29). The lowest BCUT2D eigenvalue weighted by Crippen LogP contribution is -2.42. The summed E-state index contributed by atoms with van der Waals surface area (Å²) in [4.78, 5) is 13.6. The smallest absolute Gasteiger partial charge is 0.213 e. The summed E-state index contributed by atoms with van der Waals surface area (Å²) in [5.41, 5.74) is 9.09. The van der Waals surface area contributed by atoms with Crippen LogP contribution in [-0.4, -0.2) is 35.6 Å². The number of ether oxygens (including phenoxy) is 3. The zero-order valence-electron chi connectivity index (χ0n) is 18.5. The highest BCUT2D eigenvalue weighted by Gasteiger charge is 2.45. The van der Waals surface area contributed by atoms with Crippen molar-refractivity contribution in [3.05, 3.63) is 66.1 Å². The molecule has 1 atom stereocenters. The molecule has 4 heterocycles. The van der Waals surface area contributed by atoms with Crippen molar-refractivity contribution in [1.29, 1.82) is 0 Å². The molecule has 0 radical (unpaired) electrons. The number of hydrogen-bond donors (Lipinski definition) is 1. The lowest BCUT2D eigenvalue weighted by atomic mass is 9.80. The summed E-state index contributed by atoms with van der Waals surface area (Å²) in [5, 5.41) is 0. The van der Waals surface area contributed by atoms with E-state index >= 15 is 0 Å². The molecular formula is C25H26N4O3. The van der Waals surface area contributed by atoms with Crippen LogP contribution < -0.4 is 15.2 Å². The van der Waals surface area contributed by atoms with E-state index in [1.165, 1.54) is 0 Å². The molecule has 0 bridgehead atoms. The molecule has 1 aromatic carbocycles. The van der Waals surface area contributed by atoms with Crippen molar-refractivity contribution in [3.63, 3.8) is 0 Å². The third-order valence-electron chi connectivity index (χ3n) is 5.48. The molecule has 7 nitrogen and oxygen atoms in total. The molecule has 5 rings (SSSR count). The number of rotatable bonds is 3. The molecule has 0 aliphatic carbocycles. The quantitative estimate of drug-likeness (QED) is 0.666. The zero-order chi connectivity index (χ0) is 22.3. The highest BCUT2D eigenvalue weighted by Crippen LogP contribution is 2.51. The Bertz CT molecular complexity index is 1190. The number of fused-ring (bicyclic) bond motifs is 4. The minimum absolute atomic E-state index is 0.00746. The van der Waals surface area contributed by atoms with Crippen LogP contribution in [0.2, 0.25) is 0 Å². The van der Waals surface area contributed by atoms with E-state index in [9.17, 15) is 0 Å². The van der Waals surface area contributed by atoms with Gasteiger partial charge in [0.25, 0.3) is 0 Å². The summed E-state index contributed by atoms with van der Waals surface area (Å²) < 4.78 is 18.1. The van der Waals surface area contributed by atoms with E-state index in [0.717, 1.165) is 22.3 Å². The average Bonchev–Trinajstić information content (AvgIpc) is 2.78. The fourth-order valence-electron chi connectivity index (χ4n) is 4.01. The molecular weight excluding hydrogens is 404 g/mol. The van der Waals surface area contributed by atoms with Gasteiger partial charge in [-0.1, -0.05) is 32.9 Å². The normalized spacial score (nSPS) is 19.5. The van der Waals surface area contributed by atoms with E-state index < -0.39 is 5.54 Å². The molecule has 0 amide bonds. The molecule has 2 aliphatic rings. The van der Waals surface area contributed by atoms with Gasteiger partial charge in [0, 0.05) is 35.2 Å². The van der Waals surface area contributed by atoms with Gasteiger partial charge in [-0.25, -0.2) is 4.98 Å². The van der Waals surface area contributed by atoms with E-state index in [1.54, 1.807) is 12.4 Å². The van der Waals surface area contributed by atoms with Gasteiger partial charge in [0.1, 0.15) is 23.7 Å². The lowest BCUT2D eigenvalue weighted by Gasteiger charge is -2.39. The third-order valence-corrected chi connectivity index (χ3v) is 5.48.